The minimum Gasteiger partial charge on any atom is -0.372 e. The predicted molar refractivity (Wildman–Crippen MR) is 58.3 cm³/mol. The minimum absolute atomic E-state index is 0.0192. The van der Waals surface area contributed by atoms with E-state index in [9.17, 15) is 0 Å². The maximum absolute atomic E-state index is 8.99. The maximum atomic E-state index is 8.99. The molecule has 1 aliphatic rings. The van der Waals surface area contributed by atoms with E-state index in [-0.39, 0.29) is 12.0 Å². The summed E-state index contributed by atoms with van der Waals surface area (Å²) in [5.41, 5.74) is 3.69. The van der Waals surface area contributed by atoms with E-state index in [0.29, 0.717) is 6.61 Å². The highest BCUT2D eigenvalue weighted by atomic mass is 16.5. The summed E-state index contributed by atoms with van der Waals surface area (Å²) in [6, 6.07) is 8.63. The van der Waals surface area contributed by atoms with Crippen molar-refractivity contribution in [2.75, 3.05) is 6.61 Å². The van der Waals surface area contributed by atoms with E-state index in [1.807, 2.05) is 0 Å². The Kier molecular flexibility index (Phi) is 2.75. The van der Waals surface area contributed by atoms with Gasteiger partial charge in [-0.05, 0) is 37.0 Å². The van der Waals surface area contributed by atoms with Gasteiger partial charge in [0.1, 0.15) is 0 Å². The average Bonchev–Trinajstić information content (AvgIpc) is 2.70. The van der Waals surface area contributed by atoms with Crippen LogP contribution in [0.25, 0.3) is 0 Å². The number of rotatable bonds is 1. The lowest BCUT2D eigenvalue weighted by atomic mass is 9.94. The standard InChI is InChI=1S/C13H15NO/c1-9-3-4-11(7-10(9)2)13-12(8-14)5-6-15-13/h3-4,7,12-13H,5-6H2,1-2H3. The third kappa shape index (κ3) is 1.88. The molecule has 78 valence electrons. The molecule has 2 unspecified atom stereocenters. The molecule has 0 radical (unpaired) electrons. The number of nitrogens with zero attached hydrogens (tertiary/aromatic N) is 1. The first-order valence-electron chi connectivity index (χ1n) is 5.30. The normalized spacial score (nSPS) is 25.1. The lowest BCUT2D eigenvalue weighted by Gasteiger charge is -2.14. The zero-order valence-corrected chi connectivity index (χ0v) is 9.16. The molecular formula is C13H15NO. The molecule has 1 heterocycles. The number of hydrogen-bond acceptors (Lipinski definition) is 2. The zero-order valence-electron chi connectivity index (χ0n) is 9.16. The molecule has 1 fully saturated rings. The molecule has 0 bridgehead atoms. The summed E-state index contributed by atoms with van der Waals surface area (Å²) in [4.78, 5) is 0. The van der Waals surface area contributed by atoms with Crippen molar-refractivity contribution in [3.8, 4) is 6.07 Å². The first-order chi connectivity index (χ1) is 7.22. The Morgan fingerprint density at radius 3 is 2.80 bits per heavy atom. The van der Waals surface area contributed by atoms with Gasteiger partial charge >= 0.3 is 0 Å². The van der Waals surface area contributed by atoms with Crippen LogP contribution in [-0.4, -0.2) is 6.61 Å². The maximum Gasteiger partial charge on any atom is 0.0983 e. The molecule has 2 heteroatoms. The van der Waals surface area contributed by atoms with Gasteiger partial charge in [-0.3, -0.25) is 0 Å². The number of nitriles is 1. The van der Waals surface area contributed by atoms with Crippen molar-refractivity contribution in [1.29, 1.82) is 5.26 Å². The average molecular weight is 201 g/mol. The van der Waals surface area contributed by atoms with Gasteiger partial charge < -0.3 is 4.74 Å². The SMILES string of the molecule is Cc1ccc(C2OCCC2C#N)cc1C. The molecule has 2 rings (SSSR count). The highest BCUT2D eigenvalue weighted by Crippen LogP contribution is 2.34. The molecule has 0 saturated carbocycles. The summed E-state index contributed by atoms with van der Waals surface area (Å²) in [6.45, 7) is 4.89. The summed E-state index contributed by atoms with van der Waals surface area (Å²) in [5, 5.41) is 8.99. The molecule has 1 aliphatic heterocycles. The van der Waals surface area contributed by atoms with Gasteiger partial charge in [0.05, 0.1) is 18.1 Å². The molecule has 1 aromatic rings. The molecule has 0 aliphatic carbocycles. The van der Waals surface area contributed by atoms with Crippen LogP contribution in [0.5, 0.6) is 0 Å². The molecule has 0 N–H and O–H groups in total. The molecule has 1 aromatic carbocycles. The van der Waals surface area contributed by atoms with Crippen molar-refractivity contribution in [2.24, 2.45) is 5.92 Å². The van der Waals surface area contributed by atoms with Gasteiger partial charge in [-0.2, -0.15) is 5.26 Å². The van der Waals surface area contributed by atoms with Gasteiger partial charge in [0, 0.05) is 6.61 Å². The second kappa shape index (κ2) is 4.04. The number of aryl methyl sites for hydroxylation is 2. The lowest BCUT2D eigenvalue weighted by Crippen LogP contribution is -2.05. The zero-order chi connectivity index (χ0) is 10.8. The second-order valence-electron chi connectivity index (χ2n) is 4.16. The second-order valence-corrected chi connectivity index (χ2v) is 4.16. The van der Waals surface area contributed by atoms with Crippen molar-refractivity contribution in [3.63, 3.8) is 0 Å². The summed E-state index contributed by atoms with van der Waals surface area (Å²) in [7, 11) is 0. The molecule has 0 aromatic heterocycles. The summed E-state index contributed by atoms with van der Waals surface area (Å²) in [6.07, 6.45) is 0.836. The summed E-state index contributed by atoms with van der Waals surface area (Å²) < 4.78 is 5.61. The third-order valence-corrected chi connectivity index (χ3v) is 3.12. The van der Waals surface area contributed by atoms with Crippen molar-refractivity contribution >= 4 is 0 Å². The number of benzene rings is 1. The fraction of sp³-hybridized carbons (Fsp3) is 0.462. The quantitative estimate of drug-likeness (QED) is 0.700. The highest BCUT2D eigenvalue weighted by Gasteiger charge is 2.29. The van der Waals surface area contributed by atoms with Gasteiger partial charge in [-0.25, -0.2) is 0 Å². The van der Waals surface area contributed by atoms with Crippen LogP contribution in [0, 0.1) is 31.1 Å². The van der Waals surface area contributed by atoms with Crippen LogP contribution in [0.2, 0.25) is 0 Å². The number of hydrogen-bond donors (Lipinski definition) is 0. The molecule has 2 nitrogen and oxygen atoms in total. The van der Waals surface area contributed by atoms with Crippen LogP contribution in [0.15, 0.2) is 18.2 Å². The fourth-order valence-electron chi connectivity index (χ4n) is 1.99. The van der Waals surface area contributed by atoms with Crippen LogP contribution >= 0.6 is 0 Å². The number of ether oxygens (including phenoxy) is 1. The van der Waals surface area contributed by atoms with E-state index in [0.717, 1.165) is 12.0 Å². The Bertz CT molecular complexity index is 405. The van der Waals surface area contributed by atoms with Crippen LogP contribution < -0.4 is 0 Å². The highest BCUT2D eigenvalue weighted by molar-refractivity contribution is 5.32. The van der Waals surface area contributed by atoms with Crippen molar-refractivity contribution in [2.45, 2.75) is 26.4 Å². The lowest BCUT2D eigenvalue weighted by molar-refractivity contribution is 0.101. The van der Waals surface area contributed by atoms with Gasteiger partial charge in [-0.15, -0.1) is 0 Å². The van der Waals surface area contributed by atoms with Crippen molar-refractivity contribution in [1.82, 2.24) is 0 Å². The van der Waals surface area contributed by atoms with E-state index in [1.165, 1.54) is 11.1 Å². The Hall–Kier alpha value is -1.33. The summed E-state index contributed by atoms with van der Waals surface area (Å²) >= 11 is 0. The minimum atomic E-state index is -0.0192. The Morgan fingerprint density at radius 1 is 1.33 bits per heavy atom. The summed E-state index contributed by atoms with van der Waals surface area (Å²) in [5.74, 6) is 0.0205. The van der Waals surface area contributed by atoms with Crippen LogP contribution in [0.4, 0.5) is 0 Å². The Morgan fingerprint density at radius 2 is 2.13 bits per heavy atom. The van der Waals surface area contributed by atoms with Crippen molar-refractivity contribution < 1.29 is 4.74 Å². The molecule has 2 atom stereocenters. The van der Waals surface area contributed by atoms with Crippen molar-refractivity contribution in [3.05, 3.63) is 34.9 Å². The van der Waals surface area contributed by atoms with Crippen LogP contribution in [0.3, 0.4) is 0 Å². The first kappa shape index (κ1) is 10.2. The fourth-order valence-corrected chi connectivity index (χ4v) is 1.99. The topological polar surface area (TPSA) is 33.0 Å². The Balaban J connectivity index is 2.30. The molecule has 15 heavy (non-hydrogen) atoms. The predicted octanol–water partition coefficient (Wildman–Crippen LogP) is 2.90. The van der Waals surface area contributed by atoms with Crippen LogP contribution in [-0.2, 0) is 4.74 Å². The molecular weight excluding hydrogens is 186 g/mol. The van der Waals surface area contributed by atoms with E-state index < -0.39 is 0 Å². The van der Waals surface area contributed by atoms with E-state index in [2.05, 4.69) is 38.1 Å². The van der Waals surface area contributed by atoms with E-state index in [1.54, 1.807) is 0 Å². The third-order valence-electron chi connectivity index (χ3n) is 3.12. The van der Waals surface area contributed by atoms with Gasteiger partial charge in [0.15, 0.2) is 0 Å². The van der Waals surface area contributed by atoms with Gasteiger partial charge in [-0.1, -0.05) is 18.2 Å². The van der Waals surface area contributed by atoms with Gasteiger partial charge in [0.2, 0.25) is 0 Å². The molecule has 0 amide bonds. The smallest absolute Gasteiger partial charge is 0.0983 e. The van der Waals surface area contributed by atoms with Crippen LogP contribution in [0.1, 0.15) is 29.2 Å². The van der Waals surface area contributed by atoms with Gasteiger partial charge in [0.25, 0.3) is 0 Å². The first-order valence-corrected chi connectivity index (χ1v) is 5.30. The monoisotopic (exact) mass is 201 g/mol. The van der Waals surface area contributed by atoms with E-state index in [4.69, 9.17) is 10.00 Å². The molecule has 1 saturated heterocycles. The largest absolute Gasteiger partial charge is 0.372 e. The molecule has 0 spiro atoms. The Labute approximate surface area is 90.5 Å². The van der Waals surface area contributed by atoms with E-state index >= 15 is 0 Å².